The van der Waals surface area contributed by atoms with Gasteiger partial charge in [-0.05, 0) is 72.6 Å². The molecule has 0 aromatic heterocycles. The van der Waals surface area contributed by atoms with Crippen LogP contribution in [0.25, 0.3) is 0 Å². The van der Waals surface area contributed by atoms with Gasteiger partial charge in [-0.2, -0.15) is 0 Å². The number of rotatable bonds is 5. The van der Waals surface area contributed by atoms with Crippen molar-refractivity contribution in [3.8, 4) is 0 Å². The minimum atomic E-state index is -0.309. The third kappa shape index (κ3) is 3.62. The van der Waals surface area contributed by atoms with Gasteiger partial charge in [-0.3, -0.25) is 4.90 Å². The molecule has 3 rings (SSSR count). The van der Waals surface area contributed by atoms with E-state index in [0.29, 0.717) is 12.2 Å². The number of amides is 1. The number of ether oxygens (including phenoxy) is 1. The van der Waals surface area contributed by atoms with Crippen molar-refractivity contribution in [2.75, 3.05) is 16.2 Å². The number of cyclic esters (lactones) is 1. The SMILES string of the molecule is C[C@@H]1CN(c2ccc(NSc3ccc(N=O)cc3)cc2)C(=O)O1. The fraction of sp³-hybridized carbons (Fsp3) is 0.188. The summed E-state index contributed by atoms with van der Waals surface area (Å²) < 4.78 is 8.33. The molecule has 1 aliphatic rings. The number of nitroso groups, excluding NO2 is 1. The molecule has 1 N–H and O–H groups in total. The fourth-order valence-electron chi connectivity index (χ4n) is 2.22. The smallest absolute Gasteiger partial charge is 0.414 e. The summed E-state index contributed by atoms with van der Waals surface area (Å²) >= 11 is 1.43. The topological polar surface area (TPSA) is 71.0 Å². The Morgan fingerprint density at radius 2 is 1.87 bits per heavy atom. The first-order valence-corrected chi connectivity index (χ1v) is 7.92. The van der Waals surface area contributed by atoms with Crippen LogP contribution in [0.2, 0.25) is 0 Å². The van der Waals surface area contributed by atoms with Crippen LogP contribution in [0.3, 0.4) is 0 Å². The van der Waals surface area contributed by atoms with Gasteiger partial charge in [0.25, 0.3) is 0 Å². The van der Waals surface area contributed by atoms with Crippen LogP contribution >= 0.6 is 11.9 Å². The van der Waals surface area contributed by atoms with E-state index >= 15 is 0 Å². The summed E-state index contributed by atoms with van der Waals surface area (Å²) in [4.78, 5) is 24.6. The number of hydrogen-bond donors (Lipinski definition) is 1. The van der Waals surface area contributed by atoms with Gasteiger partial charge in [0.05, 0.1) is 6.54 Å². The van der Waals surface area contributed by atoms with E-state index in [9.17, 15) is 9.70 Å². The first-order chi connectivity index (χ1) is 11.2. The maximum absolute atomic E-state index is 11.7. The van der Waals surface area contributed by atoms with Gasteiger partial charge in [-0.25, -0.2) is 4.79 Å². The Hall–Kier alpha value is -2.54. The fourth-order valence-corrected chi connectivity index (χ4v) is 2.86. The molecule has 2 aromatic rings. The van der Waals surface area contributed by atoms with Crippen molar-refractivity contribution in [1.29, 1.82) is 0 Å². The third-order valence-electron chi connectivity index (χ3n) is 3.37. The van der Waals surface area contributed by atoms with E-state index in [0.717, 1.165) is 16.3 Å². The average molecular weight is 329 g/mol. The van der Waals surface area contributed by atoms with Gasteiger partial charge >= 0.3 is 6.09 Å². The van der Waals surface area contributed by atoms with E-state index in [4.69, 9.17) is 4.74 Å². The first-order valence-electron chi connectivity index (χ1n) is 7.10. The van der Waals surface area contributed by atoms with E-state index in [1.165, 1.54) is 11.9 Å². The van der Waals surface area contributed by atoms with Crippen LogP contribution < -0.4 is 9.62 Å². The minimum Gasteiger partial charge on any atom is -0.444 e. The monoisotopic (exact) mass is 329 g/mol. The molecule has 2 aromatic carbocycles. The van der Waals surface area contributed by atoms with Gasteiger partial charge in [-0.1, -0.05) is 0 Å². The molecule has 1 fully saturated rings. The third-order valence-corrected chi connectivity index (χ3v) is 4.22. The van der Waals surface area contributed by atoms with Crippen molar-refractivity contribution in [3.05, 3.63) is 53.4 Å². The van der Waals surface area contributed by atoms with E-state index in [2.05, 4.69) is 9.90 Å². The molecule has 6 nitrogen and oxygen atoms in total. The second-order valence-corrected chi connectivity index (χ2v) is 6.02. The van der Waals surface area contributed by atoms with Gasteiger partial charge in [-0.15, -0.1) is 4.91 Å². The Morgan fingerprint density at radius 3 is 2.43 bits per heavy atom. The zero-order chi connectivity index (χ0) is 16.2. The number of anilines is 2. The molecular formula is C16H15N3O3S. The van der Waals surface area contributed by atoms with E-state index in [1.807, 2.05) is 43.3 Å². The van der Waals surface area contributed by atoms with Crippen molar-refractivity contribution in [1.82, 2.24) is 0 Å². The van der Waals surface area contributed by atoms with Crippen molar-refractivity contribution >= 4 is 35.1 Å². The Morgan fingerprint density at radius 1 is 1.17 bits per heavy atom. The molecule has 0 unspecified atom stereocenters. The Labute approximate surface area is 137 Å². The molecule has 1 amide bonds. The summed E-state index contributed by atoms with van der Waals surface area (Å²) in [5.41, 5.74) is 2.14. The van der Waals surface area contributed by atoms with Crippen molar-refractivity contribution in [2.45, 2.75) is 17.9 Å². The summed E-state index contributed by atoms with van der Waals surface area (Å²) in [5.74, 6) is 0. The number of carbonyl (C=O) groups excluding carboxylic acids is 1. The average Bonchev–Trinajstić information content (AvgIpc) is 2.92. The van der Waals surface area contributed by atoms with Crippen molar-refractivity contribution in [3.63, 3.8) is 0 Å². The summed E-state index contributed by atoms with van der Waals surface area (Å²) in [5, 5.41) is 2.87. The Bertz CT molecular complexity index is 704. The van der Waals surface area contributed by atoms with Crippen LogP contribution in [0, 0.1) is 4.91 Å². The van der Waals surface area contributed by atoms with Crippen molar-refractivity contribution in [2.24, 2.45) is 5.18 Å². The molecule has 23 heavy (non-hydrogen) atoms. The van der Waals surface area contributed by atoms with Crippen LogP contribution in [-0.2, 0) is 4.74 Å². The molecule has 0 saturated carbocycles. The number of benzene rings is 2. The van der Waals surface area contributed by atoms with Gasteiger partial charge in [0.2, 0.25) is 0 Å². The Kier molecular flexibility index (Phi) is 4.47. The molecule has 1 aliphatic heterocycles. The second kappa shape index (κ2) is 6.70. The highest BCUT2D eigenvalue weighted by molar-refractivity contribution is 8.00. The number of hydrogen-bond acceptors (Lipinski definition) is 6. The van der Waals surface area contributed by atoms with Crippen LogP contribution in [0.5, 0.6) is 0 Å². The molecule has 1 saturated heterocycles. The Balaban J connectivity index is 1.61. The summed E-state index contributed by atoms with van der Waals surface area (Å²) in [6.45, 7) is 2.44. The van der Waals surface area contributed by atoms with Crippen molar-refractivity contribution < 1.29 is 9.53 Å². The lowest BCUT2D eigenvalue weighted by Gasteiger charge is -2.13. The largest absolute Gasteiger partial charge is 0.444 e. The van der Waals surface area contributed by atoms with Gasteiger partial charge in [0, 0.05) is 16.3 Å². The highest BCUT2D eigenvalue weighted by atomic mass is 32.2. The predicted octanol–water partition coefficient (Wildman–Crippen LogP) is 4.55. The zero-order valence-corrected chi connectivity index (χ0v) is 13.2. The molecule has 0 bridgehead atoms. The standard InChI is InChI=1S/C16H15N3O3S/c1-11-10-19(16(20)22-11)14-6-2-13(3-7-14)18-23-15-8-4-12(17-21)5-9-15/h2-9,11,18H,10H2,1H3/t11-/m1/s1. The lowest BCUT2D eigenvalue weighted by molar-refractivity contribution is 0.150. The normalized spacial score (nSPS) is 17.0. The molecule has 118 valence electrons. The zero-order valence-electron chi connectivity index (χ0n) is 12.4. The molecule has 7 heteroatoms. The van der Waals surface area contributed by atoms with Crippen LogP contribution in [0.1, 0.15) is 6.92 Å². The van der Waals surface area contributed by atoms with Gasteiger partial charge in [0.1, 0.15) is 11.8 Å². The molecule has 0 aliphatic carbocycles. The highest BCUT2D eigenvalue weighted by Gasteiger charge is 2.29. The molecular weight excluding hydrogens is 314 g/mol. The predicted molar refractivity (Wildman–Crippen MR) is 91.1 cm³/mol. The number of nitrogens with zero attached hydrogens (tertiary/aromatic N) is 2. The minimum absolute atomic E-state index is 0.0836. The first kappa shape index (κ1) is 15.4. The molecule has 1 heterocycles. The van der Waals surface area contributed by atoms with Crippen LogP contribution in [0.4, 0.5) is 21.9 Å². The maximum Gasteiger partial charge on any atom is 0.414 e. The maximum atomic E-state index is 11.7. The lowest BCUT2D eigenvalue weighted by Crippen LogP contribution is -2.23. The lowest BCUT2D eigenvalue weighted by atomic mass is 10.2. The van der Waals surface area contributed by atoms with Gasteiger partial charge < -0.3 is 9.46 Å². The van der Waals surface area contributed by atoms with E-state index in [-0.39, 0.29) is 12.2 Å². The molecule has 0 radical (unpaired) electrons. The van der Waals surface area contributed by atoms with Crippen LogP contribution in [-0.4, -0.2) is 18.7 Å². The summed E-state index contributed by atoms with van der Waals surface area (Å²) in [6.07, 6.45) is -0.392. The quantitative estimate of drug-likeness (QED) is 0.643. The van der Waals surface area contributed by atoms with E-state index in [1.54, 1.807) is 17.0 Å². The van der Waals surface area contributed by atoms with Crippen LogP contribution in [0.15, 0.2) is 58.6 Å². The molecule has 1 atom stereocenters. The second-order valence-electron chi connectivity index (χ2n) is 5.14. The molecule has 0 spiro atoms. The summed E-state index contributed by atoms with van der Waals surface area (Å²) in [6, 6.07) is 14.5. The number of nitrogens with one attached hydrogen (secondary N) is 1. The summed E-state index contributed by atoms with van der Waals surface area (Å²) in [7, 11) is 0. The number of carbonyl (C=O) groups is 1. The van der Waals surface area contributed by atoms with E-state index < -0.39 is 0 Å². The van der Waals surface area contributed by atoms with Gasteiger partial charge in [0.15, 0.2) is 0 Å². The highest BCUT2D eigenvalue weighted by Crippen LogP contribution is 2.26.